The second-order valence-corrected chi connectivity index (χ2v) is 31.8. The van der Waals surface area contributed by atoms with Crippen LogP contribution in [-0.2, 0) is 109 Å². The van der Waals surface area contributed by atoms with Crippen LogP contribution in [0.4, 0.5) is 4.79 Å². The molecule has 688 valence electrons. The summed E-state index contributed by atoms with van der Waals surface area (Å²) in [7, 11) is 0. The number of carboxylic acid groups (broad SMARTS) is 4. The monoisotopic (exact) mass is 1760 g/mol. The number of Topliss-reactive ketones (excluding diaryl/α,β-unsaturated/α-hetero) is 6. The smallest absolute Gasteiger partial charge is 0.373 e. The van der Waals surface area contributed by atoms with Crippen LogP contribution in [0, 0.1) is 11.8 Å². The van der Waals surface area contributed by atoms with E-state index in [1.807, 2.05) is 0 Å². The lowest BCUT2D eigenvalue weighted by Crippen LogP contribution is -2.53. The number of rotatable bonds is 70. The highest BCUT2D eigenvalue weighted by atomic mass is 32.2. The molecule has 38 nitrogen and oxygen atoms in total. The van der Waals surface area contributed by atoms with Crippen molar-refractivity contribution in [2.24, 2.45) is 17.6 Å². The van der Waals surface area contributed by atoms with Gasteiger partial charge in [-0.2, -0.15) is 9.59 Å². The summed E-state index contributed by atoms with van der Waals surface area (Å²) in [5.74, 6) is -15.8. The lowest BCUT2D eigenvalue weighted by Gasteiger charge is -2.23. The molecule has 39 heteroatoms. The number of nitrogens with zero attached hydrogens (tertiary/aromatic N) is 4. The number of ketones is 6. The fourth-order valence-corrected chi connectivity index (χ4v) is 14.4. The second kappa shape index (κ2) is 64.0. The van der Waals surface area contributed by atoms with E-state index in [-0.39, 0.29) is 171 Å². The Kier molecular flexibility index (Phi) is 56.3. The lowest BCUT2D eigenvalue weighted by molar-refractivity contribution is -0.192. The van der Waals surface area contributed by atoms with E-state index in [2.05, 4.69) is 26.6 Å². The van der Waals surface area contributed by atoms with Gasteiger partial charge in [0, 0.05) is 154 Å². The molecule has 1 aliphatic rings. The first kappa shape index (κ1) is 109. The van der Waals surface area contributed by atoms with Crippen molar-refractivity contribution >= 4 is 130 Å². The van der Waals surface area contributed by atoms with Crippen LogP contribution in [-0.4, -0.2) is 249 Å². The molecule has 2 aromatic carbocycles. The van der Waals surface area contributed by atoms with Gasteiger partial charge in [0.1, 0.15) is 35.2 Å². The molecule has 124 heavy (non-hydrogen) atoms. The second-order valence-electron chi connectivity index (χ2n) is 30.6. The Morgan fingerprint density at radius 3 is 1.40 bits per heavy atom. The number of imide groups is 1. The largest absolute Gasteiger partial charge is 0.481 e. The number of urea groups is 1. The predicted molar refractivity (Wildman–Crippen MR) is 443 cm³/mol. The molecule has 0 bridgehead atoms. The fraction of sp³-hybridized carbons (Fsp3) is 0.624. The molecule has 1 fully saturated rings. The number of unbranched alkanes of at least 4 members (excludes halogenated alkanes) is 14. The molecule has 1 unspecified atom stereocenters. The zero-order valence-electron chi connectivity index (χ0n) is 70.6. The Labute approximate surface area is 724 Å². The van der Waals surface area contributed by atoms with Crippen LogP contribution in [0.15, 0.2) is 60.7 Å². The van der Waals surface area contributed by atoms with E-state index in [4.69, 9.17) is 20.4 Å². The standard InChI is InChI=1S/C84H124N10O26S.CO2/c1-57(95)92(118)45-23-9-6-19-32-63(97)38-41-74(103)93(119)46-24-10-7-20-33-64(98)39-42-75(104)94(120)47-25-11-8-21-34-65(99)43-48-91-76(105)54-72(81(91)112)121-56-61(82(113)114)52-71(101)69(53-78(108)109)89-80(111)66(85)55-87-79(110)60(49-58-27-14-12-15-28-58)51-70(100)68(50-59-29-16-13-17-30-59)88-73(102)35-22-5-3-2-4-18-31-62(96)37-40-67(83(115)116)90-84(117)86-44-26-36-77(106)107;2-1-3/h12-17,27-30,60-61,66-69,72,118-120H,2-11,18-26,31-56,85H2,1H3,(H,87,110)(H,88,102)(H,89,111)(H,106,107)(H,108,109)(H,113,114)(H,115,116)(H2,86,90,117);/t60-,61+,66+,67+,68+,69+,72?;/m1./s1. The molecule has 1 saturated heterocycles. The molecule has 7 atom stereocenters. The SMILES string of the molecule is CC(=O)N(O)CCCCCCC(=O)CCC(=O)N(O)CCCCCCC(=O)CCC(=O)N(O)CCCCCCC(=O)CCN1C(=O)CC(SC[C@H](CC(=O)[C@H](CC(=O)O)NC(=O)[C@@H](N)CNC(=O)[C@@H](CC(=O)[C@H](Cc2ccccc2)NC(=O)CCCCCCCCC(=O)CC[C@H](NC(=O)NCCCC(=O)O)C(=O)O)Cc2ccccc2)C(=O)O)C1=O.O=C=O. The number of carbonyl (C=O) groups excluding carboxylic acids is 17. The van der Waals surface area contributed by atoms with Crippen molar-refractivity contribution in [1.82, 2.24) is 46.7 Å². The Morgan fingerprint density at radius 1 is 0.468 bits per heavy atom. The van der Waals surface area contributed by atoms with Gasteiger partial charge in [0.15, 0.2) is 11.6 Å². The van der Waals surface area contributed by atoms with E-state index in [0.29, 0.717) is 117 Å². The van der Waals surface area contributed by atoms with E-state index in [1.165, 1.54) is 6.92 Å². The van der Waals surface area contributed by atoms with Gasteiger partial charge in [-0.05, 0) is 88.2 Å². The van der Waals surface area contributed by atoms with Crippen molar-refractivity contribution < 1.29 is 137 Å². The van der Waals surface area contributed by atoms with Gasteiger partial charge in [-0.25, -0.2) is 24.8 Å². The molecule has 0 spiro atoms. The van der Waals surface area contributed by atoms with Crippen LogP contribution in [0.2, 0.25) is 0 Å². The van der Waals surface area contributed by atoms with Crippen molar-refractivity contribution in [2.45, 2.75) is 280 Å². The third-order valence-electron chi connectivity index (χ3n) is 20.4. The van der Waals surface area contributed by atoms with E-state index >= 15 is 0 Å². The molecule has 0 aromatic heterocycles. The van der Waals surface area contributed by atoms with Gasteiger partial charge in [-0.15, -0.1) is 11.8 Å². The summed E-state index contributed by atoms with van der Waals surface area (Å²) in [5, 5.41) is 81.0. The fourth-order valence-electron chi connectivity index (χ4n) is 13.1. The zero-order valence-corrected chi connectivity index (χ0v) is 71.4. The minimum Gasteiger partial charge on any atom is -0.481 e. The minimum atomic E-state index is -1.81. The minimum absolute atomic E-state index is 0.00687. The Bertz CT molecular complexity index is 3830. The summed E-state index contributed by atoms with van der Waals surface area (Å²) < 4.78 is 0. The van der Waals surface area contributed by atoms with E-state index in [1.54, 1.807) is 60.7 Å². The number of hydroxylamine groups is 6. The number of thioether (sulfide) groups is 1. The number of hydrogen-bond acceptors (Lipinski definition) is 26. The molecule has 0 radical (unpaired) electrons. The molecular formula is C85H124N10O28S. The first-order valence-corrected chi connectivity index (χ1v) is 43.3. The van der Waals surface area contributed by atoms with Crippen molar-refractivity contribution in [3.8, 4) is 0 Å². The van der Waals surface area contributed by atoms with Gasteiger partial charge in [-0.1, -0.05) is 125 Å². The van der Waals surface area contributed by atoms with E-state index in [0.717, 1.165) is 47.9 Å². The number of nitrogens with two attached hydrogens (primary N) is 1. The maximum Gasteiger partial charge on any atom is 0.373 e. The molecule has 14 N–H and O–H groups in total. The van der Waals surface area contributed by atoms with Crippen LogP contribution in [0.5, 0.6) is 0 Å². The number of likely N-dealkylation sites (tertiary alicyclic amines) is 1. The molecule has 1 heterocycles. The van der Waals surface area contributed by atoms with Crippen LogP contribution in [0.25, 0.3) is 0 Å². The predicted octanol–water partition coefficient (Wildman–Crippen LogP) is 6.14. The average Bonchev–Trinajstić information content (AvgIpc) is 1.69. The van der Waals surface area contributed by atoms with Crippen LogP contribution < -0.4 is 32.3 Å². The van der Waals surface area contributed by atoms with Gasteiger partial charge in [0.05, 0.1) is 29.7 Å². The maximum atomic E-state index is 14.4. The summed E-state index contributed by atoms with van der Waals surface area (Å²) in [6, 6.07) is 11.0. The van der Waals surface area contributed by atoms with Crippen LogP contribution in [0.3, 0.4) is 0 Å². The van der Waals surface area contributed by atoms with Gasteiger partial charge in [-0.3, -0.25) is 102 Å². The van der Waals surface area contributed by atoms with Crippen molar-refractivity contribution in [3.05, 3.63) is 71.8 Å². The van der Waals surface area contributed by atoms with Crippen molar-refractivity contribution in [2.75, 3.05) is 45.0 Å². The molecule has 2 aromatic rings. The molecule has 0 aliphatic carbocycles. The molecular weight excluding hydrogens is 1640 g/mol. The number of carboxylic acids is 4. The van der Waals surface area contributed by atoms with Crippen LogP contribution >= 0.6 is 11.8 Å². The van der Waals surface area contributed by atoms with Crippen molar-refractivity contribution in [1.29, 1.82) is 0 Å². The molecule has 1 aliphatic heterocycles. The molecule has 3 rings (SSSR count). The molecule has 0 saturated carbocycles. The highest BCUT2D eigenvalue weighted by Crippen LogP contribution is 2.29. The maximum absolute atomic E-state index is 14.4. The average molecular weight is 1770 g/mol. The quantitative estimate of drug-likeness (QED) is 0.0153. The van der Waals surface area contributed by atoms with E-state index < -0.39 is 155 Å². The number of carbonyl (C=O) groups is 19. The third kappa shape index (κ3) is 50.0. The number of amides is 10. The highest BCUT2D eigenvalue weighted by molar-refractivity contribution is 8.00. The molecule has 10 amide bonds. The normalized spacial score (nSPS) is 13.6. The van der Waals surface area contributed by atoms with Gasteiger partial charge in [0.25, 0.3) is 0 Å². The topological polar surface area (TPSA) is 599 Å². The number of aliphatic carboxylic acids is 4. The number of benzene rings is 2. The third-order valence-corrected chi connectivity index (χ3v) is 21.7. The lowest BCUT2D eigenvalue weighted by atomic mass is 9.89. The highest BCUT2D eigenvalue weighted by Gasteiger charge is 2.41. The first-order chi connectivity index (χ1) is 59.0. The Hall–Kier alpha value is -10.9. The summed E-state index contributed by atoms with van der Waals surface area (Å²) in [6.07, 6.45) is 8.56. The van der Waals surface area contributed by atoms with E-state index in [9.17, 15) is 122 Å². The first-order valence-electron chi connectivity index (χ1n) is 42.2. The Morgan fingerprint density at radius 2 is 0.919 bits per heavy atom. The van der Waals surface area contributed by atoms with Gasteiger partial charge in [0.2, 0.25) is 47.3 Å². The Balaban J connectivity index is 0.0000171. The van der Waals surface area contributed by atoms with Gasteiger partial charge >= 0.3 is 36.1 Å². The summed E-state index contributed by atoms with van der Waals surface area (Å²) in [6.45, 7) is 0.746. The summed E-state index contributed by atoms with van der Waals surface area (Å²) in [4.78, 5) is 258. The van der Waals surface area contributed by atoms with Crippen molar-refractivity contribution in [3.63, 3.8) is 0 Å². The summed E-state index contributed by atoms with van der Waals surface area (Å²) >= 11 is 0.777. The number of nitrogens with one attached hydrogen (secondary N) is 5. The number of hydrogen-bond donors (Lipinski definition) is 13. The van der Waals surface area contributed by atoms with Gasteiger partial charge < -0.3 is 52.7 Å². The summed E-state index contributed by atoms with van der Waals surface area (Å²) in [5.41, 5.74) is 7.60. The zero-order chi connectivity index (χ0) is 92.3. The van der Waals surface area contributed by atoms with Crippen LogP contribution in [0.1, 0.15) is 249 Å².